The van der Waals surface area contributed by atoms with Gasteiger partial charge in [-0.05, 0) is 0 Å². The van der Waals surface area contributed by atoms with Gasteiger partial charge in [-0.3, -0.25) is 14.3 Å². The van der Waals surface area contributed by atoms with Gasteiger partial charge in [0, 0.05) is 47.5 Å². The van der Waals surface area contributed by atoms with Crippen LogP contribution in [0, 0.1) is 0 Å². The lowest BCUT2D eigenvalue weighted by atomic mass is 10.4. The maximum atomic E-state index is 11.5. The average molecular weight is 260 g/mol. The zero-order chi connectivity index (χ0) is 12.8. The zero-order valence-electron chi connectivity index (χ0n) is 8.92. The number of aliphatic carboxylic acids is 1. The van der Waals surface area contributed by atoms with Gasteiger partial charge in [0.1, 0.15) is 0 Å². The minimum absolute atomic E-state index is 0.328. The van der Waals surface area contributed by atoms with Crippen LogP contribution in [0.4, 0.5) is 4.79 Å². The maximum absolute atomic E-state index is 11.5. The van der Waals surface area contributed by atoms with Crippen LogP contribution in [0.15, 0.2) is 12.2 Å². The van der Waals surface area contributed by atoms with Crippen LogP contribution in [-0.4, -0.2) is 56.7 Å². The fraction of sp³-hybridized carbons (Fsp3) is 0.444. The molecule has 0 unspecified atom stereocenters. The molecule has 0 saturated carbocycles. The van der Waals surface area contributed by atoms with Gasteiger partial charge in [-0.2, -0.15) is 0 Å². The third kappa shape index (κ3) is 4.77. The first-order valence-corrected chi connectivity index (χ1v) is 6.33. The second kappa shape index (κ2) is 6.14. The highest BCUT2D eigenvalue weighted by Gasteiger charge is 2.20. The largest absolute Gasteiger partial charge is 0.478 e. The molecule has 0 atom stereocenters. The van der Waals surface area contributed by atoms with E-state index in [2.05, 4.69) is 0 Å². The highest BCUT2D eigenvalue weighted by molar-refractivity contribution is 7.85. The molecular formula is C9H12N2O5S. The van der Waals surface area contributed by atoms with Crippen molar-refractivity contribution in [3.63, 3.8) is 0 Å². The third-order valence-electron chi connectivity index (χ3n) is 2.07. The molecule has 3 amide bonds. The molecule has 8 heteroatoms. The van der Waals surface area contributed by atoms with Gasteiger partial charge >= 0.3 is 12.0 Å². The predicted molar refractivity (Wildman–Crippen MR) is 59.8 cm³/mol. The zero-order valence-corrected chi connectivity index (χ0v) is 9.74. The van der Waals surface area contributed by atoms with Crippen molar-refractivity contribution < 1.29 is 23.7 Å². The molecule has 94 valence electrons. The number of carbonyl (C=O) groups is 3. The van der Waals surface area contributed by atoms with Crippen molar-refractivity contribution in [2.24, 2.45) is 0 Å². The molecule has 0 aliphatic carbocycles. The molecule has 1 fully saturated rings. The van der Waals surface area contributed by atoms with E-state index in [0.29, 0.717) is 30.7 Å². The second-order valence-electron chi connectivity index (χ2n) is 3.30. The van der Waals surface area contributed by atoms with Gasteiger partial charge in [-0.25, -0.2) is 9.59 Å². The molecule has 0 bridgehead atoms. The van der Waals surface area contributed by atoms with E-state index in [1.807, 2.05) is 5.32 Å². The quantitative estimate of drug-likeness (QED) is 0.615. The minimum Gasteiger partial charge on any atom is -0.478 e. The molecule has 0 aromatic heterocycles. The van der Waals surface area contributed by atoms with E-state index >= 15 is 0 Å². The Hall–Kier alpha value is -1.70. The molecule has 0 spiro atoms. The van der Waals surface area contributed by atoms with Crippen molar-refractivity contribution in [3.8, 4) is 0 Å². The van der Waals surface area contributed by atoms with Crippen LogP contribution in [0.2, 0.25) is 0 Å². The molecule has 17 heavy (non-hydrogen) atoms. The van der Waals surface area contributed by atoms with E-state index in [1.165, 1.54) is 4.90 Å². The Morgan fingerprint density at radius 2 is 1.76 bits per heavy atom. The van der Waals surface area contributed by atoms with Gasteiger partial charge in [-0.15, -0.1) is 0 Å². The fourth-order valence-corrected chi connectivity index (χ4v) is 2.27. The monoisotopic (exact) mass is 260 g/mol. The topological polar surface area (TPSA) is 104 Å². The summed E-state index contributed by atoms with van der Waals surface area (Å²) in [6.07, 6.45) is 1.41. The normalized spacial score (nSPS) is 17.1. The highest BCUT2D eigenvalue weighted by atomic mass is 32.2. The smallest absolute Gasteiger partial charge is 0.328 e. The molecule has 7 nitrogen and oxygen atoms in total. The molecule has 2 N–H and O–H groups in total. The third-order valence-corrected chi connectivity index (χ3v) is 3.35. The number of hydrogen-bond acceptors (Lipinski definition) is 4. The molecule has 1 saturated heterocycles. The van der Waals surface area contributed by atoms with Crippen molar-refractivity contribution in [3.05, 3.63) is 12.2 Å². The van der Waals surface area contributed by atoms with Crippen LogP contribution >= 0.6 is 0 Å². The molecule has 0 aromatic carbocycles. The Bertz CT molecular complexity index is 383. The van der Waals surface area contributed by atoms with Crippen LogP contribution < -0.4 is 5.32 Å². The first-order chi connectivity index (χ1) is 7.99. The van der Waals surface area contributed by atoms with Gasteiger partial charge < -0.3 is 10.0 Å². The first kappa shape index (κ1) is 13.4. The summed E-state index contributed by atoms with van der Waals surface area (Å²) in [5.41, 5.74) is 0. The number of rotatable bonds is 2. The lowest BCUT2D eigenvalue weighted by Crippen LogP contribution is -2.48. The Balaban J connectivity index is 2.41. The molecule has 1 rings (SSSR count). The minimum atomic E-state index is -1.26. The summed E-state index contributed by atoms with van der Waals surface area (Å²) in [6, 6.07) is -0.596. The summed E-state index contributed by atoms with van der Waals surface area (Å²) in [5.74, 6) is -1.26. The fourth-order valence-electron chi connectivity index (χ4n) is 1.21. The molecular weight excluding hydrogens is 248 g/mol. The van der Waals surface area contributed by atoms with E-state index in [9.17, 15) is 18.6 Å². The van der Waals surface area contributed by atoms with Crippen molar-refractivity contribution >= 4 is 28.7 Å². The number of nitrogens with one attached hydrogen (secondary N) is 1. The van der Waals surface area contributed by atoms with E-state index in [4.69, 9.17) is 5.11 Å². The summed E-state index contributed by atoms with van der Waals surface area (Å²) < 4.78 is 11.0. The Kier molecular flexibility index (Phi) is 4.83. The van der Waals surface area contributed by atoms with Gasteiger partial charge in [0.2, 0.25) is 0 Å². The van der Waals surface area contributed by atoms with Crippen LogP contribution in [-0.2, 0) is 20.4 Å². The number of hydrogen-bond donors (Lipinski definition) is 2. The first-order valence-electron chi connectivity index (χ1n) is 4.85. The molecule has 1 heterocycles. The SMILES string of the molecule is O=C(O)C=CC(=O)NC(=O)N1CCS(=O)CC1. The lowest BCUT2D eigenvalue weighted by Gasteiger charge is -2.25. The number of urea groups is 1. The predicted octanol–water partition coefficient (Wildman–Crippen LogP) is -1.07. The summed E-state index contributed by atoms with van der Waals surface area (Å²) >= 11 is 0. The molecule has 0 radical (unpaired) electrons. The summed E-state index contributed by atoms with van der Waals surface area (Å²) in [7, 11) is -0.898. The number of carbonyl (C=O) groups excluding carboxylic acids is 2. The molecule has 0 aromatic rings. The van der Waals surface area contributed by atoms with E-state index in [1.54, 1.807) is 0 Å². The summed E-state index contributed by atoms with van der Waals surface area (Å²) in [4.78, 5) is 34.1. The summed E-state index contributed by atoms with van der Waals surface area (Å²) in [5, 5.41) is 10.3. The number of amides is 3. The van der Waals surface area contributed by atoms with Crippen LogP contribution in [0.3, 0.4) is 0 Å². The number of carboxylic acid groups (broad SMARTS) is 1. The maximum Gasteiger partial charge on any atom is 0.328 e. The van der Waals surface area contributed by atoms with Crippen LogP contribution in [0.1, 0.15) is 0 Å². The number of carboxylic acids is 1. The van der Waals surface area contributed by atoms with Crippen molar-refractivity contribution in [2.75, 3.05) is 24.6 Å². The van der Waals surface area contributed by atoms with E-state index in [-0.39, 0.29) is 0 Å². The van der Waals surface area contributed by atoms with Crippen molar-refractivity contribution in [2.45, 2.75) is 0 Å². The van der Waals surface area contributed by atoms with Crippen LogP contribution in [0.25, 0.3) is 0 Å². The van der Waals surface area contributed by atoms with Gasteiger partial charge in [0.05, 0.1) is 0 Å². The Morgan fingerprint density at radius 3 is 2.29 bits per heavy atom. The Labute approximate surface area is 99.9 Å². The van der Waals surface area contributed by atoms with Crippen molar-refractivity contribution in [1.29, 1.82) is 0 Å². The summed E-state index contributed by atoms with van der Waals surface area (Å²) in [6.45, 7) is 0.655. The standard InChI is InChI=1S/C9H12N2O5S/c12-7(1-2-8(13)14)10-9(15)11-3-5-17(16)6-4-11/h1-2H,3-6H2,(H,13,14)(H,10,12,15). The van der Waals surface area contributed by atoms with Gasteiger partial charge in [0.15, 0.2) is 0 Å². The number of nitrogens with zero attached hydrogens (tertiary/aromatic N) is 1. The molecule has 1 aliphatic rings. The van der Waals surface area contributed by atoms with Gasteiger partial charge in [-0.1, -0.05) is 0 Å². The van der Waals surface area contributed by atoms with Crippen LogP contribution in [0.5, 0.6) is 0 Å². The van der Waals surface area contributed by atoms with Crippen molar-refractivity contribution in [1.82, 2.24) is 10.2 Å². The van der Waals surface area contributed by atoms with E-state index < -0.39 is 28.7 Å². The van der Waals surface area contributed by atoms with E-state index in [0.717, 1.165) is 6.08 Å². The Morgan fingerprint density at radius 1 is 1.18 bits per heavy atom. The lowest BCUT2D eigenvalue weighted by molar-refractivity contribution is -0.131. The highest BCUT2D eigenvalue weighted by Crippen LogP contribution is 1.99. The molecule has 1 aliphatic heterocycles. The average Bonchev–Trinajstić information content (AvgIpc) is 2.27. The second-order valence-corrected chi connectivity index (χ2v) is 5.00. The number of imide groups is 1. The van der Waals surface area contributed by atoms with Gasteiger partial charge in [0.25, 0.3) is 5.91 Å².